The molecular formula is C18H33N5O. The lowest BCUT2D eigenvalue weighted by Crippen LogP contribution is -2.41. The van der Waals surface area contributed by atoms with Crippen LogP contribution in [0.3, 0.4) is 0 Å². The van der Waals surface area contributed by atoms with Gasteiger partial charge >= 0.3 is 0 Å². The molecule has 0 atom stereocenters. The predicted octanol–water partition coefficient (Wildman–Crippen LogP) is 1.62. The lowest BCUT2D eigenvalue weighted by molar-refractivity contribution is 0.180. The summed E-state index contributed by atoms with van der Waals surface area (Å²) in [5.41, 5.74) is 1.16. The molecule has 0 aliphatic heterocycles. The number of nitrogens with one attached hydrogen (secondary N) is 3. The Kier molecular flexibility index (Phi) is 11.5. The quantitative estimate of drug-likeness (QED) is 0.308. The molecule has 0 spiro atoms. The fourth-order valence-corrected chi connectivity index (χ4v) is 2.26. The number of para-hydroxylation sites is 1. The third-order valence-corrected chi connectivity index (χ3v) is 3.65. The molecule has 6 heteroatoms. The van der Waals surface area contributed by atoms with Crippen molar-refractivity contribution in [2.75, 3.05) is 65.9 Å². The van der Waals surface area contributed by atoms with Crippen LogP contribution in [-0.4, -0.2) is 71.4 Å². The highest BCUT2D eigenvalue weighted by atomic mass is 16.5. The summed E-state index contributed by atoms with van der Waals surface area (Å²) in [6.07, 6.45) is 2.10. The summed E-state index contributed by atoms with van der Waals surface area (Å²) in [6, 6.07) is 10.3. The van der Waals surface area contributed by atoms with Crippen molar-refractivity contribution in [1.29, 1.82) is 0 Å². The first-order valence-corrected chi connectivity index (χ1v) is 8.67. The second-order valence-electron chi connectivity index (χ2n) is 5.72. The molecule has 0 amide bonds. The van der Waals surface area contributed by atoms with Crippen molar-refractivity contribution >= 4 is 11.6 Å². The van der Waals surface area contributed by atoms with Crippen LogP contribution < -0.4 is 16.0 Å². The van der Waals surface area contributed by atoms with Crippen molar-refractivity contribution in [1.82, 2.24) is 15.5 Å². The normalized spacial score (nSPS) is 11.6. The number of aliphatic imine (C=N–C) groups is 1. The number of hydrogen-bond donors (Lipinski definition) is 3. The fraction of sp³-hybridized carbons (Fsp3) is 0.611. The number of hydrogen-bond acceptors (Lipinski definition) is 4. The summed E-state index contributed by atoms with van der Waals surface area (Å²) in [6.45, 7) is 5.57. The highest BCUT2D eigenvalue weighted by Crippen LogP contribution is 2.03. The van der Waals surface area contributed by atoms with Gasteiger partial charge in [0.25, 0.3) is 0 Å². The predicted molar refractivity (Wildman–Crippen MR) is 103 cm³/mol. The smallest absolute Gasteiger partial charge is 0.191 e. The Morgan fingerprint density at radius 1 is 1.04 bits per heavy atom. The largest absolute Gasteiger partial charge is 0.385 e. The molecule has 0 aliphatic carbocycles. The van der Waals surface area contributed by atoms with Gasteiger partial charge in [0.15, 0.2) is 5.96 Å². The molecule has 0 heterocycles. The molecule has 3 N–H and O–H groups in total. The Balaban J connectivity index is 2.04. The summed E-state index contributed by atoms with van der Waals surface area (Å²) >= 11 is 0. The van der Waals surface area contributed by atoms with E-state index in [-0.39, 0.29) is 0 Å². The Morgan fingerprint density at radius 3 is 2.50 bits per heavy atom. The van der Waals surface area contributed by atoms with Gasteiger partial charge in [-0.3, -0.25) is 4.99 Å². The van der Waals surface area contributed by atoms with Crippen molar-refractivity contribution in [2.45, 2.75) is 12.8 Å². The van der Waals surface area contributed by atoms with Crippen LogP contribution in [0, 0.1) is 0 Å². The number of rotatable bonds is 12. The molecule has 6 nitrogen and oxygen atoms in total. The Bertz CT molecular complexity index is 438. The van der Waals surface area contributed by atoms with Crippen molar-refractivity contribution in [2.24, 2.45) is 4.99 Å². The van der Waals surface area contributed by atoms with Crippen LogP contribution in [0.5, 0.6) is 0 Å². The third kappa shape index (κ3) is 10.1. The molecule has 0 saturated carbocycles. The van der Waals surface area contributed by atoms with Gasteiger partial charge in [0.2, 0.25) is 0 Å². The minimum atomic E-state index is 0.817. The number of likely N-dealkylation sites (N-methyl/N-ethyl adjacent to an activating group) is 1. The highest BCUT2D eigenvalue weighted by Gasteiger charge is 2.00. The number of benzene rings is 1. The maximum absolute atomic E-state index is 5.07. The Hall–Kier alpha value is -1.79. The van der Waals surface area contributed by atoms with E-state index < -0.39 is 0 Å². The van der Waals surface area contributed by atoms with Crippen LogP contribution in [0.15, 0.2) is 35.3 Å². The van der Waals surface area contributed by atoms with Crippen LogP contribution in [0.2, 0.25) is 0 Å². The number of ether oxygens (including phenoxy) is 1. The van der Waals surface area contributed by atoms with Crippen molar-refractivity contribution in [3.8, 4) is 0 Å². The maximum Gasteiger partial charge on any atom is 0.191 e. The second kappa shape index (κ2) is 13.6. The van der Waals surface area contributed by atoms with Crippen LogP contribution in [0.4, 0.5) is 5.69 Å². The van der Waals surface area contributed by atoms with Crippen molar-refractivity contribution < 1.29 is 4.74 Å². The van der Waals surface area contributed by atoms with E-state index in [1.807, 2.05) is 18.2 Å². The van der Waals surface area contributed by atoms with Gasteiger partial charge in [-0.1, -0.05) is 18.2 Å². The standard InChI is InChI=1S/C18H33N5O/c1-19-18(22-13-15-23(2)14-8-16-24-3)21-12-7-11-20-17-9-5-4-6-10-17/h4-6,9-10,20H,7-8,11-16H2,1-3H3,(H2,19,21,22). The minimum absolute atomic E-state index is 0.817. The average molecular weight is 335 g/mol. The van der Waals surface area contributed by atoms with Crippen LogP contribution >= 0.6 is 0 Å². The molecule has 0 radical (unpaired) electrons. The van der Waals surface area contributed by atoms with Crippen molar-refractivity contribution in [3.63, 3.8) is 0 Å². The first-order valence-electron chi connectivity index (χ1n) is 8.67. The van der Waals surface area contributed by atoms with Gasteiger partial charge in [-0.05, 0) is 32.0 Å². The zero-order chi connectivity index (χ0) is 17.5. The molecule has 0 fully saturated rings. The van der Waals surface area contributed by atoms with Gasteiger partial charge in [0.05, 0.1) is 0 Å². The van der Waals surface area contributed by atoms with Gasteiger partial charge in [-0.25, -0.2) is 0 Å². The van der Waals surface area contributed by atoms with Gasteiger partial charge < -0.3 is 25.6 Å². The van der Waals surface area contributed by atoms with Gasteiger partial charge in [0.1, 0.15) is 0 Å². The molecule has 0 saturated heterocycles. The molecule has 0 aliphatic rings. The third-order valence-electron chi connectivity index (χ3n) is 3.65. The van der Waals surface area contributed by atoms with E-state index in [9.17, 15) is 0 Å². The minimum Gasteiger partial charge on any atom is -0.385 e. The molecule has 1 rings (SSSR count). The summed E-state index contributed by atoms with van der Waals surface area (Å²) < 4.78 is 5.07. The monoisotopic (exact) mass is 335 g/mol. The molecule has 0 bridgehead atoms. The van der Waals surface area contributed by atoms with Crippen LogP contribution in [0.25, 0.3) is 0 Å². The maximum atomic E-state index is 5.07. The number of nitrogens with zero attached hydrogens (tertiary/aromatic N) is 2. The number of methoxy groups -OCH3 is 1. The molecule has 24 heavy (non-hydrogen) atoms. The first-order chi connectivity index (χ1) is 11.8. The molecule has 136 valence electrons. The van der Waals surface area contributed by atoms with E-state index in [2.05, 4.69) is 45.0 Å². The Morgan fingerprint density at radius 2 is 1.79 bits per heavy atom. The topological polar surface area (TPSA) is 60.9 Å². The summed E-state index contributed by atoms with van der Waals surface area (Å²) in [5, 5.41) is 10.1. The van der Waals surface area contributed by atoms with Gasteiger partial charge in [0, 0.05) is 59.2 Å². The lowest BCUT2D eigenvalue weighted by atomic mass is 10.3. The summed E-state index contributed by atoms with van der Waals surface area (Å²) in [4.78, 5) is 6.55. The molecule has 0 unspecified atom stereocenters. The Labute approximate surface area is 146 Å². The zero-order valence-electron chi connectivity index (χ0n) is 15.3. The average Bonchev–Trinajstić information content (AvgIpc) is 2.61. The van der Waals surface area contributed by atoms with Gasteiger partial charge in [-0.2, -0.15) is 0 Å². The summed E-state index contributed by atoms with van der Waals surface area (Å²) in [5.74, 6) is 0.861. The van der Waals surface area contributed by atoms with E-state index in [4.69, 9.17) is 4.74 Å². The highest BCUT2D eigenvalue weighted by molar-refractivity contribution is 5.79. The molecule has 0 aromatic heterocycles. The summed E-state index contributed by atoms with van der Waals surface area (Å²) in [7, 11) is 5.68. The van der Waals surface area contributed by atoms with E-state index >= 15 is 0 Å². The number of guanidine groups is 1. The van der Waals surface area contributed by atoms with E-state index in [0.29, 0.717) is 0 Å². The van der Waals surface area contributed by atoms with E-state index in [0.717, 1.165) is 63.8 Å². The van der Waals surface area contributed by atoms with Crippen LogP contribution in [0.1, 0.15) is 12.8 Å². The zero-order valence-corrected chi connectivity index (χ0v) is 15.3. The SMILES string of the molecule is CN=C(NCCCNc1ccccc1)NCCN(C)CCCOC. The fourth-order valence-electron chi connectivity index (χ4n) is 2.26. The van der Waals surface area contributed by atoms with E-state index in [1.165, 1.54) is 0 Å². The van der Waals surface area contributed by atoms with Crippen molar-refractivity contribution in [3.05, 3.63) is 30.3 Å². The van der Waals surface area contributed by atoms with E-state index in [1.54, 1.807) is 14.2 Å². The molecular weight excluding hydrogens is 302 g/mol. The molecule has 1 aromatic carbocycles. The van der Waals surface area contributed by atoms with Gasteiger partial charge in [-0.15, -0.1) is 0 Å². The van der Waals surface area contributed by atoms with Crippen LogP contribution in [-0.2, 0) is 4.74 Å². The second-order valence-corrected chi connectivity index (χ2v) is 5.72. The molecule has 1 aromatic rings. The first kappa shape index (κ1) is 20.3. The number of anilines is 1. The lowest BCUT2D eigenvalue weighted by Gasteiger charge is -2.18.